The lowest BCUT2D eigenvalue weighted by Gasteiger charge is -2.25. The first-order chi connectivity index (χ1) is 18.1. The van der Waals surface area contributed by atoms with Crippen molar-refractivity contribution in [1.82, 2.24) is 24.6 Å². The largest absolute Gasteiger partial charge is 0.480 e. The van der Waals surface area contributed by atoms with E-state index in [2.05, 4.69) is 36.0 Å². The van der Waals surface area contributed by atoms with E-state index in [1.807, 2.05) is 30.6 Å². The molecule has 12 nitrogen and oxygen atoms in total. The minimum Gasteiger partial charge on any atom is -0.480 e. The number of anilines is 1. The van der Waals surface area contributed by atoms with Gasteiger partial charge in [0.2, 0.25) is 11.8 Å². The van der Waals surface area contributed by atoms with Crippen LogP contribution in [0, 0.1) is 11.8 Å². The van der Waals surface area contributed by atoms with Gasteiger partial charge in [-0.15, -0.1) is 0 Å². The third kappa shape index (κ3) is 6.71. The molecule has 0 spiro atoms. The average molecular weight is 609 g/mol. The molecule has 0 bridgehead atoms. The number of fused-ring (bicyclic) bond motifs is 1. The molecule has 4 rings (SSSR count). The highest BCUT2D eigenvalue weighted by Gasteiger charge is 2.35. The maximum absolute atomic E-state index is 13.8. The Labute approximate surface area is 228 Å². The second-order valence-electron chi connectivity index (χ2n) is 9.35. The normalized spacial score (nSPS) is 19.5. The molecule has 4 atom stereocenters. The van der Waals surface area contributed by atoms with Crippen LogP contribution >= 0.6 is 23.7 Å². The summed E-state index contributed by atoms with van der Waals surface area (Å²) in [5.74, 6) is -0.565. The van der Waals surface area contributed by atoms with Crippen LogP contribution in [0.1, 0.15) is 32.7 Å². The molecular formula is C24H30BrN6O6P. The number of aliphatic carboxylic acids is 1. The molecule has 0 radical (unpaired) electrons. The van der Waals surface area contributed by atoms with Crippen molar-refractivity contribution in [3.63, 3.8) is 0 Å². The SMILES string of the molecule is COc1nc(N)nc2c1ncn2[C@H]1C=C[C@@H](COP(=O)(NC(CC(C)C)C(=O)O)Oc2ccc(Br)cc2)C1. The number of nitrogen functional groups attached to an aromatic ring is 1. The number of carboxylic acid groups (broad SMARTS) is 1. The number of hydrogen-bond acceptors (Lipinski definition) is 9. The van der Waals surface area contributed by atoms with Crippen LogP contribution in [0.25, 0.3) is 11.2 Å². The predicted octanol–water partition coefficient (Wildman–Crippen LogP) is 4.59. The first kappa shape index (κ1) is 28.0. The highest BCUT2D eigenvalue weighted by Crippen LogP contribution is 2.47. The summed E-state index contributed by atoms with van der Waals surface area (Å²) < 4.78 is 33.3. The topological polar surface area (TPSA) is 164 Å². The van der Waals surface area contributed by atoms with E-state index in [0.717, 1.165) is 4.47 Å². The van der Waals surface area contributed by atoms with Crippen molar-refractivity contribution in [3.8, 4) is 11.6 Å². The number of rotatable bonds is 12. The van der Waals surface area contributed by atoms with Crippen LogP contribution in [0.15, 0.2) is 47.2 Å². The van der Waals surface area contributed by atoms with E-state index in [1.54, 1.807) is 30.6 Å². The predicted molar refractivity (Wildman–Crippen MR) is 145 cm³/mol. The lowest BCUT2D eigenvalue weighted by Crippen LogP contribution is -2.37. The molecule has 38 heavy (non-hydrogen) atoms. The van der Waals surface area contributed by atoms with Crippen molar-refractivity contribution in [2.75, 3.05) is 19.5 Å². The summed E-state index contributed by atoms with van der Waals surface area (Å²) in [7, 11) is -2.58. The van der Waals surface area contributed by atoms with Crippen LogP contribution in [0.5, 0.6) is 11.6 Å². The van der Waals surface area contributed by atoms with E-state index in [4.69, 9.17) is 19.5 Å². The number of nitrogens with two attached hydrogens (primary N) is 1. The van der Waals surface area contributed by atoms with Crippen LogP contribution in [-0.4, -0.2) is 50.4 Å². The van der Waals surface area contributed by atoms with Gasteiger partial charge in [0.15, 0.2) is 11.2 Å². The summed E-state index contributed by atoms with van der Waals surface area (Å²) in [6.45, 7) is 3.81. The van der Waals surface area contributed by atoms with Gasteiger partial charge in [-0.1, -0.05) is 41.9 Å². The van der Waals surface area contributed by atoms with Gasteiger partial charge in [0.25, 0.3) is 0 Å². The molecule has 2 heterocycles. The van der Waals surface area contributed by atoms with Gasteiger partial charge in [0.1, 0.15) is 11.8 Å². The van der Waals surface area contributed by atoms with Gasteiger partial charge < -0.3 is 24.7 Å². The van der Waals surface area contributed by atoms with E-state index >= 15 is 0 Å². The highest BCUT2D eigenvalue weighted by molar-refractivity contribution is 9.10. The van der Waals surface area contributed by atoms with Gasteiger partial charge in [-0.3, -0.25) is 9.32 Å². The van der Waals surface area contributed by atoms with Crippen molar-refractivity contribution >= 4 is 46.8 Å². The third-order valence-corrected chi connectivity index (χ3v) is 8.02. The summed E-state index contributed by atoms with van der Waals surface area (Å²) >= 11 is 3.35. The minimum absolute atomic E-state index is 0.0366. The number of ether oxygens (including phenoxy) is 1. The zero-order valence-electron chi connectivity index (χ0n) is 21.2. The Morgan fingerprint density at radius 1 is 1.29 bits per heavy atom. The van der Waals surface area contributed by atoms with Crippen molar-refractivity contribution in [3.05, 3.63) is 47.2 Å². The Morgan fingerprint density at radius 2 is 2.03 bits per heavy atom. The Bertz CT molecular complexity index is 1360. The van der Waals surface area contributed by atoms with E-state index in [0.29, 0.717) is 23.5 Å². The fourth-order valence-corrected chi connectivity index (χ4v) is 5.99. The molecular weight excluding hydrogens is 579 g/mol. The first-order valence-electron chi connectivity index (χ1n) is 12.0. The van der Waals surface area contributed by atoms with Crippen LogP contribution in [0.3, 0.4) is 0 Å². The van der Waals surface area contributed by atoms with Crippen LogP contribution < -0.4 is 20.1 Å². The Balaban J connectivity index is 1.49. The molecule has 0 saturated heterocycles. The van der Waals surface area contributed by atoms with E-state index in [-0.39, 0.29) is 42.6 Å². The van der Waals surface area contributed by atoms with Crippen molar-refractivity contribution < 1.29 is 28.3 Å². The molecule has 3 aromatic rings. The molecule has 0 aliphatic heterocycles. The second kappa shape index (κ2) is 11.8. The zero-order chi connectivity index (χ0) is 27.4. The number of aromatic nitrogens is 4. The number of imidazole rings is 1. The first-order valence-corrected chi connectivity index (χ1v) is 14.3. The number of benzene rings is 1. The number of hydrogen-bond donors (Lipinski definition) is 3. The monoisotopic (exact) mass is 608 g/mol. The number of methoxy groups -OCH3 is 1. The average Bonchev–Trinajstić information content (AvgIpc) is 3.50. The van der Waals surface area contributed by atoms with Gasteiger partial charge in [0, 0.05) is 10.4 Å². The molecule has 4 N–H and O–H groups in total. The summed E-state index contributed by atoms with van der Waals surface area (Å²) in [5.41, 5.74) is 6.87. The van der Waals surface area contributed by atoms with Gasteiger partial charge in [-0.2, -0.15) is 15.1 Å². The molecule has 204 valence electrons. The van der Waals surface area contributed by atoms with E-state index in [1.165, 1.54) is 7.11 Å². The molecule has 14 heteroatoms. The zero-order valence-corrected chi connectivity index (χ0v) is 23.6. The third-order valence-electron chi connectivity index (χ3n) is 5.92. The summed E-state index contributed by atoms with van der Waals surface area (Å²) in [4.78, 5) is 24.6. The Morgan fingerprint density at radius 3 is 2.68 bits per heavy atom. The number of nitrogens with zero attached hydrogens (tertiary/aromatic N) is 4. The van der Waals surface area contributed by atoms with Crippen LogP contribution in [0.4, 0.5) is 5.95 Å². The van der Waals surface area contributed by atoms with E-state index < -0.39 is 19.8 Å². The number of nitrogens with one attached hydrogen (secondary N) is 1. The van der Waals surface area contributed by atoms with Crippen LogP contribution in [0.2, 0.25) is 0 Å². The van der Waals surface area contributed by atoms with Gasteiger partial charge in [0.05, 0.1) is 26.1 Å². The maximum Gasteiger partial charge on any atom is 0.459 e. The minimum atomic E-state index is -4.06. The fourth-order valence-electron chi connectivity index (χ4n) is 4.16. The number of carboxylic acids is 1. The number of halogens is 1. The lowest BCUT2D eigenvalue weighted by atomic mass is 10.1. The quantitative estimate of drug-likeness (QED) is 0.194. The molecule has 0 saturated carbocycles. The summed E-state index contributed by atoms with van der Waals surface area (Å²) in [6, 6.07) is 5.48. The molecule has 1 aliphatic rings. The Kier molecular flexibility index (Phi) is 8.71. The number of allylic oxidation sites excluding steroid dienone is 1. The molecule has 0 fully saturated rings. The number of carbonyl (C=O) groups is 1. The fraction of sp³-hybridized carbons (Fsp3) is 0.417. The maximum atomic E-state index is 13.8. The van der Waals surface area contributed by atoms with Gasteiger partial charge in [-0.05, 0) is 43.0 Å². The highest BCUT2D eigenvalue weighted by atomic mass is 79.9. The van der Waals surface area contributed by atoms with Crippen molar-refractivity contribution in [2.24, 2.45) is 11.8 Å². The lowest BCUT2D eigenvalue weighted by molar-refractivity contribution is -0.139. The molecule has 2 unspecified atom stereocenters. The van der Waals surface area contributed by atoms with Crippen molar-refractivity contribution in [2.45, 2.75) is 38.8 Å². The smallest absolute Gasteiger partial charge is 0.459 e. The molecule has 1 aromatic carbocycles. The summed E-state index contributed by atoms with van der Waals surface area (Å²) in [6.07, 6.45) is 6.42. The standard InChI is InChI=1S/C24H30BrN6O6P/c1-14(2)10-19(23(32)33)30-38(34,37-18-8-5-16(25)6-9-18)36-12-15-4-7-17(11-15)31-13-27-20-21(31)28-24(26)29-22(20)35-3/h4-9,13-15,17,19H,10-12H2,1-3H3,(H,30,34)(H,32,33)(H2,26,28,29)/t15-,17+,19?,38?/m1/s1. The molecule has 2 aromatic heterocycles. The van der Waals surface area contributed by atoms with Gasteiger partial charge >= 0.3 is 13.7 Å². The molecule has 1 aliphatic carbocycles. The Hall–Kier alpha value is -2.99. The summed E-state index contributed by atoms with van der Waals surface area (Å²) in [5, 5.41) is 12.3. The molecule has 0 amide bonds. The van der Waals surface area contributed by atoms with Gasteiger partial charge in [-0.25, -0.2) is 9.55 Å². The van der Waals surface area contributed by atoms with Crippen LogP contribution in [-0.2, 0) is 13.9 Å². The van der Waals surface area contributed by atoms with E-state index in [9.17, 15) is 14.5 Å². The van der Waals surface area contributed by atoms with Crippen molar-refractivity contribution in [1.29, 1.82) is 0 Å². The second-order valence-corrected chi connectivity index (χ2v) is 12.0.